The van der Waals surface area contributed by atoms with E-state index >= 15 is 0 Å². The van der Waals surface area contributed by atoms with Gasteiger partial charge in [0.15, 0.2) is 0 Å². The number of ether oxygens (including phenoxy) is 1. The van der Waals surface area contributed by atoms with Gasteiger partial charge in [0.05, 0.1) is 7.11 Å². The molecule has 1 heterocycles. The van der Waals surface area contributed by atoms with Crippen molar-refractivity contribution in [1.82, 2.24) is 9.97 Å². The Morgan fingerprint density at radius 2 is 2.06 bits per heavy atom. The largest absolute Gasteiger partial charge is 0.497 e. The lowest BCUT2D eigenvalue weighted by Gasteiger charge is -2.06. The first-order valence-corrected chi connectivity index (χ1v) is 4.73. The fraction of sp³-hybridized carbons (Fsp3) is 0.0909. The van der Waals surface area contributed by atoms with Crippen molar-refractivity contribution in [2.75, 3.05) is 18.6 Å². The molecule has 1 aromatic heterocycles. The molecule has 0 atom stereocenters. The molecule has 4 N–H and O–H groups in total. The lowest BCUT2D eigenvalue weighted by Crippen LogP contribution is -2.00. The summed E-state index contributed by atoms with van der Waals surface area (Å²) in [5.74, 6) is 1.29. The first kappa shape index (κ1) is 10.2. The summed E-state index contributed by atoms with van der Waals surface area (Å²) >= 11 is 0. The van der Waals surface area contributed by atoms with Gasteiger partial charge >= 0.3 is 0 Å². The second-order valence-electron chi connectivity index (χ2n) is 3.26. The van der Waals surface area contributed by atoms with Gasteiger partial charge in [-0.25, -0.2) is 4.98 Å². The minimum atomic E-state index is 0.171. The molecule has 1 aromatic carbocycles. The van der Waals surface area contributed by atoms with Gasteiger partial charge in [0.25, 0.3) is 0 Å². The summed E-state index contributed by atoms with van der Waals surface area (Å²) in [6.45, 7) is 0. The number of methoxy groups -OCH3 is 1. The van der Waals surface area contributed by atoms with Crippen molar-refractivity contribution in [2.24, 2.45) is 0 Å². The van der Waals surface area contributed by atoms with Gasteiger partial charge in [0.2, 0.25) is 5.95 Å². The molecule has 0 aliphatic heterocycles. The molecule has 16 heavy (non-hydrogen) atoms. The van der Waals surface area contributed by atoms with E-state index in [0.29, 0.717) is 5.82 Å². The molecule has 5 heteroatoms. The molecule has 0 fully saturated rings. The normalized spacial score (nSPS) is 10.1. The summed E-state index contributed by atoms with van der Waals surface area (Å²) in [4.78, 5) is 7.83. The second kappa shape index (κ2) is 4.06. The second-order valence-corrected chi connectivity index (χ2v) is 3.26. The van der Waals surface area contributed by atoms with Gasteiger partial charge in [-0.1, -0.05) is 12.1 Å². The lowest BCUT2D eigenvalue weighted by atomic mass is 10.1. The van der Waals surface area contributed by atoms with Crippen LogP contribution in [0.15, 0.2) is 30.5 Å². The van der Waals surface area contributed by atoms with Crippen molar-refractivity contribution in [3.63, 3.8) is 0 Å². The van der Waals surface area contributed by atoms with Crippen LogP contribution in [-0.2, 0) is 0 Å². The number of nitrogens with zero attached hydrogens (tertiary/aromatic N) is 2. The van der Waals surface area contributed by atoms with E-state index in [-0.39, 0.29) is 5.95 Å². The van der Waals surface area contributed by atoms with E-state index in [1.54, 1.807) is 13.3 Å². The Bertz CT molecular complexity index is 513. The predicted molar refractivity (Wildman–Crippen MR) is 62.8 cm³/mol. The number of nitrogen functional groups attached to an aromatic ring is 2. The highest BCUT2D eigenvalue weighted by molar-refractivity contribution is 5.74. The summed E-state index contributed by atoms with van der Waals surface area (Å²) in [6, 6.07) is 7.51. The Hall–Kier alpha value is -2.30. The Kier molecular flexibility index (Phi) is 2.59. The van der Waals surface area contributed by atoms with Crippen LogP contribution >= 0.6 is 0 Å². The third-order valence-corrected chi connectivity index (χ3v) is 2.22. The molecule has 0 saturated carbocycles. The van der Waals surface area contributed by atoms with Crippen molar-refractivity contribution >= 4 is 11.8 Å². The summed E-state index contributed by atoms with van der Waals surface area (Å²) in [5.41, 5.74) is 12.9. The first-order valence-electron chi connectivity index (χ1n) is 4.73. The molecule has 0 radical (unpaired) electrons. The highest BCUT2D eigenvalue weighted by Crippen LogP contribution is 2.26. The molecule has 0 unspecified atom stereocenters. The number of nitrogens with two attached hydrogens (primary N) is 2. The molecule has 0 spiro atoms. The lowest BCUT2D eigenvalue weighted by molar-refractivity contribution is 0.415. The average Bonchev–Trinajstić information content (AvgIpc) is 2.29. The third kappa shape index (κ3) is 1.88. The van der Waals surface area contributed by atoms with E-state index in [1.165, 1.54) is 0 Å². The summed E-state index contributed by atoms with van der Waals surface area (Å²) in [5, 5.41) is 0. The Labute approximate surface area is 93.1 Å². The van der Waals surface area contributed by atoms with Crippen LogP contribution in [0.25, 0.3) is 11.1 Å². The zero-order chi connectivity index (χ0) is 11.5. The Balaban J connectivity index is 2.49. The Morgan fingerprint density at radius 3 is 2.75 bits per heavy atom. The van der Waals surface area contributed by atoms with Gasteiger partial charge in [-0.05, 0) is 17.7 Å². The van der Waals surface area contributed by atoms with E-state index in [0.717, 1.165) is 16.9 Å². The van der Waals surface area contributed by atoms with Crippen LogP contribution < -0.4 is 16.2 Å². The minimum absolute atomic E-state index is 0.171. The van der Waals surface area contributed by atoms with Crippen LogP contribution in [-0.4, -0.2) is 17.1 Å². The van der Waals surface area contributed by atoms with Gasteiger partial charge in [0.1, 0.15) is 11.6 Å². The highest BCUT2D eigenvalue weighted by atomic mass is 16.5. The van der Waals surface area contributed by atoms with Crippen LogP contribution in [0.2, 0.25) is 0 Å². The van der Waals surface area contributed by atoms with Crippen LogP contribution in [0.1, 0.15) is 0 Å². The van der Waals surface area contributed by atoms with Crippen LogP contribution in [0.5, 0.6) is 5.75 Å². The van der Waals surface area contributed by atoms with E-state index in [1.807, 2.05) is 24.3 Å². The maximum absolute atomic E-state index is 5.77. The molecule has 5 nitrogen and oxygen atoms in total. The van der Waals surface area contributed by atoms with Crippen molar-refractivity contribution in [2.45, 2.75) is 0 Å². The quantitative estimate of drug-likeness (QED) is 0.790. The number of benzene rings is 1. The molecule has 0 bridgehead atoms. The van der Waals surface area contributed by atoms with E-state index in [4.69, 9.17) is 16.2 Å². The average molecular weight is 216 g/mol. The van der Waals surface area contributed by atoms with Gasteiger partial charge in [-0.15, -0.1) is 0 Å². The minimum Gasteiger partial charge on any atom is -0.497 e. The van der Waals surface area contributed by atoms with Crippen molar-refractivity contribution in [3.05, 3.63) is 30.5 Å². The van der Waals surface area contributed by atoms with Crippen molar-refractivity contribution in [1.29, 1.82) is 0 Å². The fourth-order valence-corrected chi connectivity index (χ4v) is 1.42. The predicted octanol–water partition coefficient (Wildman–Crippen LogP) is 1.32. The van der Waals surface area contributed by atoms with E-state index in [9.17, 15) is 0 Å². The smallest absolute Gasteiger partial charge is 0.221 e. The zero-order valence-electron chi connectivity index (χ0n) is 8.84. The molecular formula is C11H12N4O. The van der Waals surface area contributed by atoms with E-state index in [2.05, 4.69) is 9.97 Å². The molecule has 2 rings (SSSR count). The number of hydrogen-bond acceptors (Lipinski definition) is 5. The monoisotopic (exact) mass is 216 g/mol. The molecule has 0 saturated heterocycles. The summed E-state index contributed by atoms with van der Waals surface area (Å²) < 4.78 is 5.13. The van der Waals surface area contributed by atoms with Crippen LogP contribution in [0, 0.1) is 0 Å². The molecular weight excluding hydrogens is 204 g/mol. The highest BCUT2D eigenvalue weighted by Gasteiger charge is 2.05. The van der Waals surface area contributed by atoms with Crippen molar-refractivity contribution in [3.8, 4) is 16.9 Å². The van der Waals surface area contributed by atoms with Crippen LogP contribution in [0.3, 0.4) is 0 Å². The summed E-state index contributed by atoms with van der Waals surface area (Å²) in [7, 11) is 1.61. The Morgan fingerprint density at radius 1 is 1.25 bits per heavy atom. The molecule has 0 amide bonds. The van der Waals surface area contributed by atoms with E-state index < -0.39 is 0 Å². The fourth-order valence-electron chi connectivity index (χ4n) is 1.42. The number of aromatic nitrogens is 2. The standard InChI is InChI=1S/C11H12N4O/c1-16-8-4-2-3-7(5-8)9-6-14-11(13)15-10(9)12/h2-6H,1H3,(H4,12,13,14,15). The van der Waals surface area contributed by atoms with Crippen LogP contribution in [0.4, 0.5) is 11.8 Å². The van der Waals surface area contributed by atoms with Gasteiger partial charge in [-0.2, -0.15) is 4.98 Å². The number of hydrogen-bond donors (Lipinski definition) is 2. The van der Waals surface area contributed by atoms with Gasteiger partial charge in [-0.3, -0.25) is 0 Å². The summed E-state index contributed by atoms with van der Waals surface area (Å²) in [6.07, 6.45) is 1.60. The number of anilines is 2. The third-order valence-electron chi connectivity index (χ3n) is 2.22. The molecule has 0 aliphatic rings. The van der Waals surface area contributed by atoms with Crippen molar-refractivity contribution < 1.29 is 4.74 Å². The molecule has 0 aliphatic carbocycles. The zero-order valence-corrected chi connectivity index (χ0v) is 8.84. The number of rotatable bonds is 2. The van der Waals surface area contributed by atoms with Gasteiger partial charge in [0, 0.05) is 11.8 Å². The maximum atomic E-state index is 5.77. The maximum Gasteiger partial charge on any atom is 0.221 e. The van der Waals surface area contributed by atoms with Gasteiger partial charge < -0.3 is 16.2 Å². The first-order chi connectivity index (χ1) is 7.70. The topological polar surface area (TPSA) is 87.0 Å². The molecule has 82 valence electrons. The molecule has 2 aromatic rings. The SMILES string of the molecule is COc1cccc(-c2cnc(N)nc2N)c1.